The van der Waals surface area contributed by atoms with Gasteiger partial charge in [-0.1, -0.05) is 0 Å². The van der Waals surface area contributed by atoms with Gasteiger partial charge in [0.05, 0.1) is 11.8 Å². The highest BCUT2D eigenvalue weighted by atomic mass is 16.4. The summed E-state index contributed by atoms with van der Waals surface area (Å²) in [7, 11) is 0. The van der Waals surface area contributed by atoms with Crippen molar-refractivity contribution in [1.82, 2.24) is 20.4 Å². The van der Waals surface area contributed by atoms with Crippen molar-refractivity contribution in [3.8, 4) is 11.5 Å². The van der Waals surface area contributed by atoms with E-state index in [9.17, 15) is 4.79 Å². The zero-order chi connectivity index (χ0) is 14.8. The van der Waals surface area contributed by atoms with Crippen LogP contribution in [0.3, 0.4) is 0 Å². The van der Waals surface area contributed by atoms with Gasteiger partial charge in [-0.2, -0.15) is 5.10 Å². The number of carbonyl (C=O) groups is 1. The molecule has 2 heterocycles. The lowest BCUT2D eigenvalue weighted by molar-refractivity contribution is 0.102. The Kier molecular flexibility index (Phi) is 3.23. The van der Waals surface area contributed by atoms with Crippen LogP contribution in [0.15, 0.2) is 35.2 Å². The summed E-state index contributed by atoms with van der Waals surface area (Å²) in [6.07, 6.45) is 2.79. The number of anilines is 1. The molecule has 2 aromatic heterocycles. The summed E-state index contributed by atoms with van der Waals surface area (Å²) < 4.78 is 5.15. The van der Waals surface area contributed by atoms with Crippen molar-refractivity contribution >= 4 is 11.6 Å². The van der Waals surface area contributed by atoms with Crippen LogP contribution in [0.5, 0.6) is 0 Å². The van der Waals surface area contributed by atoms with Gasteiger partial charge in [0, 0.05) is 16.9 Å². The van der Waals surface area contributed by atoms with Crippen molar-refractivity contribution in [3.63, 3.8) is 0 Å². The fourth-order valence-electron chi connectivity index (χ4n) is 2.01. The van der Waals surface area contributed by atoms with Crippen molar-refractivity contribution in [2.75, 3.05) is 5.32 Å². The molecule has 0 fully saturated rings. The van der Waals surface area contributed by atoms with E-state index in [-0.39, 0.29) is 5.91 Å². The molecule has 0 saturated heterocycles. The minimum atomic E-state index is -0.199. The maximum atomic E-state index is 12.1. The lowest BCUT2D eigenvalue weighted by Gasteiger charge is -2.08. The van der Waals surface area contributed by atoms with Crippen molar-refractivity contribution < 1.29 is 9.21 Å². The number of rotatable bonds is 3. The van der Waals surface area contributed by atoms with Crippen LogP contribution in [0.25, 0.3) is 11.5 Å². The van der Waals surface area contributed by atoms with Crippen molar-refractivity contribution in [2.24, 2.45) is 0 Å². The summed E-state index contributed by atoms with van der Waals surface area (Å²) in [6.45, 7) is 3.70. The summed E-state index contributed by atoms with van der Waals surface area (Å²) in [5, 5.41) is 16.9. The third-order valence-electron chi connectivity index (χ3n) is 3.16. The molecule has 106 valence electrons. The number of H-pyrrole nitrogens is 1. The lowest BCUT2D eigenvalue weighted by Crippen LogP contribution is -2.13. The van der Waals surface area contributed by atoms with Gasteiger partial charge in [-0.25, -0.2) is 0 Å². The first kappa shape index (κ1) is 13.0. The highest BCUT2D eigenvalue weighted by molar-refractivity contribution is 6.05. The van der Waals surface area contributed by atoms with Crippen LogP contribution >= 0.6 is 0 Å². The Morgan fingerprint density at radius 1 is 1.33 bits per heavy atom. The molecule has 0 radical (unpaired) electrons. The first-order chi connectivity index (χ1) is 10.1. The number of hydrogen-bond acceptors (Lipinski definition) is 5. The fraction of sp³-hybridized carbons (Fsp3) is 0.143. The van der Waals surface area contributed by atoms with E-state index in [4.69, 9.17) is 4.42 Å². The van der Waals surface area contributed by atoms with E-state index >= 15 is 0 Å². The molecule has 0 bridgehead atoms. The van der Waals surface area contributed by atoms with E-state index in [2.05, 4.69) is 25.7 Å². The molecule has 0 aliphatic carbocycles. The number of aromatic amines is 1. The van der Waals surface area contributed by atoms with Crippen molar-refractivity contribution in [1.29, 1.82) is 0 Å². The molecule has 7 heteroatoms. The molecule has 0 saturated carbocycles. The predicted octanol–water partition coefficient (Wildman–Crippen LogP) is 2.33. The molecule has 2 N–H and O–H groups in total. The lowest BCUT2D eigenvalue weighted by atomic mass is 10.1. The van der Waals surface area contributed by atoms with Crippen LogP contribution < -0.4 is 5.32 Å². The zero-order valence-corrected chi connectivity index (χ0v) is 11.5. The Morgan fingerprint density at radius 2 is 2.19 bits per heavy atom. The Hall–Kier alpha value is -2.96. The molecule has 1 aromatic carbocycles. The van der Waals surface area contributed by atoms with Gasteiger partial charge < -0.3 is 9.73 Å². The van der Waals surface area contributed by atoms with E-state index in [0.29, 0.717) is 11.5 Å². The Bertz CT molecular complexity index is 777. The van der Waals surface area contributed by atoms with Gasteiger partial charge in [0.25, 0.3) is 5.91 Å². The smallest absolute Gasteiger partial charge is 0.259 e. The second-order valence-corrected chi connectivity index (χ2v) is 4.64. The molecule has 7 nitrogen and oxygen atoms in total. The van der Waals surface area contributed by atoms with Crippen LogP contribution in [-0.2, 0) is 0 Å². The molecule has 1 amide bonds. The summed E-state index contributed by atoms with van der Waals surface area (Å²) in [6, 6.07) is 5.51. The van der Waals surface area contributed by atoms with Crippen LogP contribution in [0.2, 0.25) is 0 Å². The standard InChI is InChI=1S/C14H13N5O2/c1-8-5-10(14-19-16-7-21-14)3-4-12(8)17-13(20)11-6-15-18-9(11)2/h3-7H,1-2H3,(H,15,18)(H,17,20). The van der Waals surface area contributed by atoms with Crippen LogP contribution in [0, 0.1) is 13.8 Å². The average molecular weight is 283 g/mol. The zero-order valence-electron chi connectivity index (χ0n) is 11.5. The highest BCUT2D eigenvalue weighted by Crippen LogP contribution is 2.23. The van der Waals surface area contributed by atoms with Crippen molar-refractivity contribution in [2.45, 2.75) is 13.8 Å². The van der Waals surface area contributed by atoms with Crippen molar-refractivity contribution in [3.05, 3.63) is 47.6 Å². The van der Waals surface area contributed by atoms with E-state index in [0.717, 1.165) is 22.5 Å². The molecule has 0 aliphatic rings. The average Bonchev–Trinajstić information content (AvgIpc) is 3.12. The minimum Gasteiger partial charge on any atom is -0.423 e. The number of amides is 1. The molecular weight excluding hydrogens is 270 g/mol. The number of carbonyl (C=O) groups excluding carboxylic acids is 1. The summed E-state index contributed by atoms with van der Waals surface area (Å²) >= 11 is 0. The Balaban J connectivity index is 1.84. The second-order valence-electron chi connectivity index (χ2n) is 4.64. The molecule has 0 spiro atoms. The normalized spacial score (nSPS) is 10.6. The maximum Gasteiger partial charge on any atom is 0.259 e. The quantitative estimate of drug-likeness (QED) is 0.769. The number of hydrogen-bond donors (Lipinski definition) is 2. The number of nitrogens with one attached hydrogen (secondary N) is 2. The molecule has 0 atom stereocenters. The molecule has 0 aliphatic heterocycles. The first-order valence-electron chi connectivity index (χ1n) is 6.33. The molecule has 3 rings (SSSR count). The molecular formula is C14H13N5O2. The first-order valence-corrected chi connectivity index (χ1v) is 6.33. The van der Waals surface area contributed by atoms with E-state index in [1.165, 1.54) is 12.6 Å². The van der Waals surface area contributed by atoms with Crippen LogP contribution in [0.1, 0.15) is 21.6 Å². The molecule has 21 heavy (non-hydrogen) atoms. The van der Waals surface area contributed by atoms with Gasteiger partial charge in [-0.05, 0) is 37.6 Å². The third kappa shape index (κ3) is 2.53. The monoisotopic (exact) mass is 283 g/mol. The SMILES string of the molecule is Cc1cc(-c2nnco2)ccc1NC(=O)c1cn[nH]c1C. The highest BCUT2D eigenvalue weighted by Gasteiger charge is 2.13. The van der Waals surface area contributed by atoms with E-state index in [1.807, 2.05) is 25.1 Å². The van der Waals surface area contributed by atoms with Gasteiger partial charge in [0.15, 0.2) is 0 Å². The fourth-order valence-corrected chi connectivity index (χ4v) is 2.01. The number of nitrogens with zero attached hydrogens (tertiary/aromatic N) is 3. The van der Waals surface area contributed by atoms with Crippen LogP contribution in [0.4, 0.5) is 5.69 Å². The second kappa shape index (κ2) is 5.20. The van der Waals surface area contributed by atoms with Gasteiger partial charge >= 0.3 is 0 Å². The molecule has 0 unspecified atom stereocenters. The van der Waals surface area contributed by atoms with E-state index in [1.54, 1.807) is 6.92 Å². The van der Waals surface area contributed by atoms with E-state index < -0.39 is 0 Å². The largest absolute Gasteiger partial charge is 0.423 e. The Labute approximate surface area is 120 Å². The number of benzene rings is 1. The predicted molar refractivity (Wildman–Crippen MR) is 75.7 cm³/mol. The summed E-state index contributed by atoms with van der Waals surface area (Å²) in [4.78, 5) is 12.1. The van der Waals surface area contributed by atoms with Gasteiger partial charge in [0.1, 0.15) is 0 Å². The number of aromatic nitrogens is 4. The van der Waals surface area contributed by atoms with Gasteiger partial charge in [-0.3, -0.25) is 9.89 Å². The van der Waals surface area contributed by atoms with Gasteiger partial charge in [0.2, 0.25) is 12.3 Å². The molecule has 3 aromatic rings. The minimum absolute atomic E-state index is 0.199. The maximum absolute atomic E-state index is 12.1. The Morgan fingerprint density at radius 3 is 2.81 bits per heavy atom. The number of aryl methyl sites for hydroxylation is 2. The third-order valence-corrected chi connectivity index (χ3v) is 3.16. The summed E-state index contributed by atoms with van der Waals surface area (Å²) in [5.41, 5.74) is 3.69. The van der Waals surface area contributed by atoms with Crippen LogP contribution in [-0.4, -0.2) is 26.3 Å². The summed E-state index contributed by atoms with van der Waals surface area (Å²) in [5.74, 6) is 0.247. The van der Waals surface area contributed by atoms with Gasteiger partial charge in [-0.15, -0.1) is 10.2 Å². The topological polar surface area (TPSA) is 96.7 Å².